The van der Waals surface area contributed by atoms with E-state index in [0.29, 0.717) is 13.0 Å². The molecule has 1 aromatic heterocycles. The van der Waals surface area contributed by atoms with Gasteiger partial charge in [0, 0.05) is 32.0 Å². The van der Waals surface area contributed by atoms with Crippen molar-refractivity contribution < 1.29 is 4.79 Å². The second kappa shape index (κ2) is 5.80. The molecule has 1 saturated carbocycles. The predicted molar refractivity (Wildman–Crippen MR) is 88.8 cm³/mol. The average Bonchev–Trinajstić information content (AvgIpc) is 2.92. The van der Waals surface area contributed by atoms with Gasteiger partial charge in [-0.1, -0.05) is 44.2 Å². The average molecular weight is 312 g/mol. The topological polar surface area (TPSA) is 51.0 Å². The highest BCUT2D eigenvalue weighted by Gasteiger charge is 2.62. The summed E-state index contributed by atoms with van der Waals surface area (Å²) in [5.74, 6) is 0.164. The summed E-state index contributed by atoms with van der Waals surface area (Å²) in [5, 5.41) is 7.52. The minimum Gasteiger partial charge on any atom is -0.345 e. The van der Waals surface area contributed by atoms with E-state index in [1.807, 2.05) is 22.6 Å². The molecule has 0 aliphatic heterocycles. The molecule has 1 aromatic carbocycles. The van der Waals surface area contributed by atoms with Gasteiger partial charge in [0.15, 0.2) is 0 Å². The Morgan fingerprint density at radius 3 is 2.39 bits per heavy atom. The second-order valence-corrected chi connectivity index (χ2v) is 7.21. The van der Waals surface area contributed by atoms with Gasteiger partial charge in [0.05, 0.1) is 0 Å². The first kappa shape index (κ1) is 15.7. The van der Waals surface area contributed by atoms with E-state index < -0.39 is 0 Å². The molecule has 122 valence electrons. The molecule has 1 amide bonds. The summed E-state index contributed by atoms with van der Waals surface area (Å²) < 4.78 is 1.83. The first-order valence-corrected chi connectivity index (χ1v) is 8.07. The van der Waals surface area contributed by atoms with Crippen LogP contribution in [-0.4, -0.2) is 39.2 Å². The van der Waals surface area contributed by atoms with Crippen molar-refractivity contribution >= 4 is 5.91 Å². The van der Waals surface area contributed by atoms with E-state index in [9.17, 15) is 4.79 Å². The molecule has 1 aliphatic carbocycles. The molecule has 0 saturated heterocycles. The third kappa shape index (κ3) is 3.00. The zero-order valence-electron chi connectivity index (χ0n) is 14.1. The fraction of sp³-hybridized carbons (Fsp3) is 0.500. The lowest BCUT2D eigenvalue weighted by Gasteiger charge is -2.28. The summed E-state index contributed by atoms with van der Waals surface area (Å²) in [6.07, 6.45) is 4.87. The van der Waals surface area contributed by atoms with E-state index in [4.69, 9.17) is 0 Å². The molecule has 1 fully saturated rings. The van der Waals surface area contributed by atoms with Crippen LogP contribution in [0.4, 0.5) is 0 Å². The normalized spacial score (nSPS) is 21.9. The van der Waals surface area contributed by atoms with Gasteiger partial charge in [-0.2, -0.15) is 0 Å². The number of rotatable bonds is 6. The minimum atomic E-state index is 0.0786. The van der Waals surface area contributed by atoms with Crippen LogP contribution in [-0.2, 0) is 16.8 Å². The molecule has 0 spiro atoms. The van der Waals surface area contributed by atoms with Crippen LogP contribution in [0.3, 0.4) is 0 Å². The molecule has 0 radical (unpaired) electrons. The fourth-order valence-electron chi connectivity index (χ4n) is 3.57. The van der Waals surface area contributed by atoms with Crippen molar-refractivity contribution in [1.82, 2.24) is 19.7 Å². The van der Waals surface area contributed by atoms with Gasteiger partial charge >= 0.3 is 0 Å². The minimum absolute atomic E-state index is 0.0786. The van der Waals surface area contributed by atoms with E-state index in [1.54, 1.807) is 12.7 Å². The van der Waals surface area contributed by atoms with Crippen LogP contribution in [0.25, 0.3) is 0 Å². The quantitative estimate of drug-likeness (QED) is 0.823. The van der Waals surface area contributed by atoms with E-state index in [2.05, 4.69) is 48.3 Å². The number of aryl methyl sites for hydroxylation is 1. The van der Waals surface area contributed by atoms with Gasteiger partial charge in [-0.05, 0) is 17.4 Å². The molecule has 0 bridgehead atoms. The number of hydrogen-bond acceptors (Lipinski definition) is 3. The van der Waals surface area contributed by atoms with Crippen LogP contribution in [0.1, 0.15) is 32.3 Å². The largest absolute Gasteiger partial charge is 0.345 e. The van der Waals surface area contributed by atoms with Crippen LogP contribution in [0.2, 0.25) is 0 Å². The van der Waals surface area contributed by atoms with Gasteiger partial charge in [0.2, 0.25) is 5.91 Å². The number of carbonyl (C=O) groups excluding carboxylic acids is 1. The van der Waals surface area contributed by atoms with Crippen molar-refractivity contribution in [2.75, 3.05) is 13.6 Å². The maximum Gasteiger partial charge on any atom is 0.224 e. The van der Waals surface area contributed by atoms with Crippen LogP contribution in [0.5, 0.6) is 0 Å². The number of amides is 1. The van der Waals surface area contributed by atoms with Crippen LogP contribution in [0, 0.1) is 5.41 Å². The smallest absolute Gasteiger partial charge is 0.224 e. The Morgan fingerprint density at radius 2 is 1.83 bits per heavy atom. The lowest BCUT2D eigenvalue weighted by Crippen LogP contribution is -2.37. The number of nitrogens with zero attached hydrogens (tertiary/aromatic N) is 4. The molecule has 1 atom stereocenters. The van der Waals surface area contributed by atoms with Gasteiger partial charge in [0.25, 0.3) is 0 Å². The Labute approximate surface area is 137 Å². The third-order valence-corrected chi connectivity index (χ3v) is 5.22. The van der Waals surface area contributed by atoms with Crippen molar-refractivity contribution in [3.8, 4) is 0 Å². The van der Waals surface area contributed by atoms with Gasteiger partial charge in [-0.25, -0.2) is 0 Å². The SMILES string of the molecule is CN(CC1(c2ccccc2)CC1(C)C)C(=O)CCn1cnnc1. The Kier molecular flexibility index (Phi) is 3.96. The molecule has 5 heteroatoms. The first-order chi connectivity index (χ1) is 10.9. The lowest BCUT2D eigenvalue weighted by molar-refractivity contribution is -0.130. The van der Waals surface area contributed by atoms with E-state index in [-0.39, 0.29) is 16.7 Å². The molecule has 1 unspecified atom stereocenters. The number of likely N-dealkylation sites (N-methyl/N-ethyl adjacent to an activating group) is 1. The number of benzene rings is 1. The Morgan fingerprint density at radius 1 is 1.22 bits per heavy atom. The zero-order chi connectivity index (χ0) is 16.5. The summed E-state index contributed by atoms with van der Waals surface area (Å²) in [4.78, 5) is 14.3. The second-order valence-electron chi connectivity index (χ2n) is 7.21. The summed E-state index contributed by atoms with van der Waals surface area (Å²) in [5.41, 5.74) is 1.65. The highest BCUT2D eigenvalue weighted by Crippen LogP contribution is 2.64. The molecule has 23 heavy (non-hydrogen) atoms. The Hall–Kier alpha value is -2.17. The summed E-state index contributed by atoms with van der Waals surface area (Å²) in [7, 11) is 1.91. The summed E-state index contributed by atoms with van der Waals surface area (Å²) in [6, 6.07) is 10.6. The van der Waals surface area contributed by atoms with Crippen LogP contribution < -0.4 is 0 Å². The standard InChI is InChI=1S/C18H24N4O/c1-17(2)11-18(17,15-7-5-4-6-8-15)12-21(3)16(23)9-10-22-13-19-20-14-22/h4-8,13-14H,9-12H2,1-3H3. The van der Waals surface area contributed by atoms with Gasteiger partial charge in [-0.3, -0.25) is 4.79 Å². The molecule has 3 rings (SSSR count). The van der Waals surface area contributed by atoms with Gasteiger partial charge in [0.1, 0.15) is 12.7 Å². The highest BCUT2D eigenvalue weighted by atomic mass is 16.2. The highest BCUT2D eigenvalue weighted by molar-refractivity contribution is 5.76. The fourth-order valence-corrected chi connectivity index (χ4v) is 3.57. The van der Waals surface area contributed by atoms with E-state index in [0.717, 1.165) is 13.0 Å². The molecular weight excluding hydrogens is 288 g/mol. The maximum atomic E-state index is 12.5. The van der Waals surface area contributed by atoms with Gasteiger partial charge < -0.3 is 9.47 Å². The molecule has 1 heterocycles. The molecule has 0 N–H and O–H groups in total. The number of hydrogen-bond donors (Lipinski definition) is 0. The lowest BCUT2D eigenvalue weighted by atomic mass is 9.87. The molecule has 1 aliphatic rings. The van der Waals surface area contributed by atoms with Crippen molar-refractivity contribution in [3.63, 3.8) is 0 Å². The van der Waals surface area contributed by atoms with Crippen molar-refractivity contribution in [2.45, 2.75) is 38.6 Å². The molecular formula is C18H24N4O. The Balaban J connectivity index is 1.66. The van der Waals surface area contributed by atoms with Crippen LogP contribution in [0.15, 0.2) is 43.0 Å². The van der Waals surface area contributed by atoms with E-state index in [1.165, 1.54) is 5.56 Å². The number of carbonyl (C=O) groups is 1. The van der Waals surface area contributed by atoms with Crippen molar-refractivity contribution in [1.29, 1.82) is 0 Å². The molecule has 5 nitrogen and oxygen atoms in total. The predicted octanol–water partition coefficient (Wildman–Crippen LogP) is 2.49. The monoisotopic (exact) mass is 312 g/mol. The Bertz CT molecular complexity index is 666. The molecule has 2 aromatic rings. The first-order valence-electron chi connectivity index (χ1n) is 8.07. The maximum absolute atomic E-state index is 12.5. The third-order valence-electron chi connectivity index (χ3n) is 5.22. The van der Waals surface area contributed by atoms with Crippen LogP contribution >= 0.6 is 0 Å². The van der Waals surface area contributed by atoms with E-state index >= 15 is 0 Å². The summed E-state index contributed by atoms with van der Waals surface area (Å²) >= 11 is 0. The van der Waals surface area contributed by atoms with Gasteiger partial charge in [-0.15, -0.1) is 10.2 Å². The summed E-state index contributed by atoms with van der Waals surface area (Å²) in [6.45, 7) is 5.97. The van der Waals surface area contributed by atoms with Crippen molar-refractivity contribution in [2.24, 2.45) is 5.41 Å². The zero-order valence-corrected chi connectivity index (χ0v) is 14.1. The van der Waals surface area contributed by atoms with Crippen molar-refractivity contribution in [3.05, 3.63) is 48.5 Å². The number of aromatic nitrogens is 3.